The highest BCUT2D eigenvalue weighted by Gasteiger charge is 2.31. The van der Waals surface area contributed by atoms with Crippen molar-refractivity contribution < 1.29 is 14.7 Å². The number of carbonyl (C=O) groups is 2. The number of imidazole rings is 1. The molecule has 0 radical (unpaired) electrons. The minimum Gasteiger partial charge on any atom is -0.480 e. The smallest absolute Gasteiger partial charge is 0.326 e. The lowest BCUT2D eigenvalue weighted by atomic mass is 10.0. The molecule has 1 saturated heterocycles. The van der Waals surface area contributed by atoms with Crippen LogP contribution in [-0.4, -0.2) is 51.1 Å². The molecular formula is C13H20N4O3. The first-order chi connectivity index (χ1) is 9.47. The Balaban J connectivity index is 1.94. The number of nitrogens with zero attached hydrogens (tertiary/aromatic N) is 2. The topological polar surface area (TPSA) is 98.3 Å². The van der Waals surface area contributed by atoms with E-state index in [-0.39, 0.29) is 12.5 Å². The number of H-pyrrole nitrogens is 1. The van der Waals surface area contributed by atoms with Gasteiger partial charge in [-0.05, 0) is 11.8 Å². The van der Waals surface area contributed by atoms with Gasteiger partial charge in [0.05, 0.1) is 6.33 Å². The third-order valence-corrected chi connectivity index (χ3v) is 3.85. The Morgan fingerprint density at radius 3 is 2.65 bits per heavy atom. The number of aromatic nitrogens is 2. The standard InChI is InChI=1S/C13H20N4O3/c1-8-5-17(6-9(8)2)13(20)16-11(12(18)19)3-10-4-14-7-15-10/h4,7-9,11H,3,5-6H2,1-2H3,(H,14,15)(H,16,20)(H,18,19). The zero-order valence-corrected chi connectivity index (χ0v) is 11.7. The maximum absolute atomic E-state index is 12.1. The fraction of sp³-hybridized carbons (Fsp3) is 0.615. The lowest BCUT2D eigenvalue weighted by molar-refractivity contribution is -0.139. The SMILES string of the molecule is CC1CN(C(=O)NC(Cc2cnc[nH]2)C(=O)O)CC1C. The van der Waals surface area contributed by atoms with Crippen LogP contribution in [0.5, 0.6) is 0 Å². The molecule has 0 spiro atoms. The highest BCUT2D eigenvalue weighted by molar-refractivity contribution is 5.82. The van der Waals surface area contributed by atoms with Crippen LogP contribution >= 0.6 is 0 Å². The van der Waals surface area contributed by atoms with E-state index in [2.05, 4.69) is 29.1 Å². The molecule has 3 N–H and O–H groups in total. The van der Waals surface area contributed by atoms with Crippen molar-refractivity contribution in [3.8, 4) is 0 Å². The van der Waals surface area contributed by atoms with E-state index in [9.17, 15) is 14.7 Å². The van der Waals surface area contributed by atoms with Crippen molar-refractivity contribution in [3.05, 3.63) is 18.2 Å². The molecule has 1 fully saturated rings. The number of carboxylic acid groups (broad SMARTS) is 1. The second-order valence-corrected chi connectivity index (χ2v) is 5.48. The molecule has 3 atom stereocenters. The van der Waals surface area contributed by atoms with Crippen molar-refractivity contribution in [2.45, 2.75) is 26.3 Å². The van der Waals surface area contributed by atoms with Crippen LogP contribution in [0.15, 0.2) is 12.5 Å². The lowest BCUT2D eigenvalue weighted by Crippen LogP contribution is -2.48. The molecule has 3 unspecified atom stereocenters. The van der Waals surface area contributed by atoms with Crippen molar-refractivity contribution in [2.75, 3.05) is 13.1 Å². The molecule has 0 aliphatic carbocycles. The Kier molecular flexibility index (Phi) is 4.26. The van der Waals surface area contributed by atoms with E-state index in [0.29, 0.717) is 30.6 Å². The Morgan fingerprint density at radius 1 is 1.50 bits per heavy atom. The molecule has 1 aliphatic rings. The van der Waals surface area contributed by atoms with Crippen LogP contribution in [0.2, 0.25) is 0 Å². The Bertz CT molecular complexity index is 464. The fourth-order valence-electron chi connectivity index (χ4n) is 2.35. The summed E-state index contributed by atoms with van der Waals surface area (Å²) in [5, 5.41) is 11.8. The van der Waals surface area contributed by atoms with Crippen LogP contribution in [0.1, 0.15) is 19.5 Å². The van der Waals surface area contributed by atoms with Gasteiger partial charge in [0, 0.05) is 31.4 Å². The van der Waals surface area contributed by atoms with Gasteiger partial charge in [0.15, 0.2) is 0 Å². The van der Waals surface area contributed by atoms with Gasteiger partial charge in [-0.2, -0.15) is 0 Å². The summed E-state index contributed by atoms with van der Waals surface area (Å²) in [6, 6.07) is -1.26. The number of likely N-dealkylation sites (tertiary alicyclic amines) is 1. The number of carbonyl (C=O) groups excluding carboxylic acids is 1. The summed E-state index contributed by atoms with van der Waals surface area (Å²) in [4.78, 5) is 31.7. The Morgan fingerprint density at radius 2 is 2.15 bits per heavy atom. The minimum atomic E-state index is -1.05. The van der Waals surface area contributed by atoms with Crippen LogP contribution in [-0.2, 0) is 11.2 Å². The van der Waals surface area contributed by atoms with Gasteiger partial charge in [0.2, 0.25) is 0 Å². The summed E-state index contributed by atoms with van der Waals surface area (Å²) in [6.07, 6.45) is 3.24. The number of rotatable bonds is 4. The number of nitrogens with one attached hydrogen (secondary N) is 2. The maximum atomic E-state index is 12.1. The Hall–Kier alpha value is -2.05. The Labute approximate surface area is 117 Å². The zero-order valence-electron chi connectivity index (χ0n) is 11.7. The number of carboxylic acids is 1. The molecule has 110 valence electrons. The number of aliphatic carboxylic acids is 1. The van der Waals surface area contributed by atoms with Crippen molar-refractivity contribution in [1.29, 1.82) is 0 Å². The largest absolute Gasteiger partial charge is 0.480 e. The summed E-state index contributed by atoms with van der Waals surface area (Å²) in [5.41, 5.74) is 0.681. The first kappa shape index (κ1) is 14.4. The van der Waals surface area contributed by atoms with Crippen LogP contribution in [0.4, 0.5) is 4.79 Å². The number of amides is 2. The van der Waals surface area contributed by atoms with Gasteiger partial charge in [0.1, 0.15) is 6.04 Å². The van der Waals surface area contributed by atoms with E-state index in [1.807, 2.05) is 0 Å². The van der Waals surface area contributed by atoms with Crippen molar-refractivity contribution in [1.82, 2.24) is 20.2 Å². The summed E-state index contributed by atoms with van der Waals surface area (Å²) in [5.74, 6) is -0.165. The number of urea groups is 1. The fourth-order valence-corrected chi connectivity index (χ4v) is 2.35. The van der Waals surface area contributed by atoms with Crippen LogP contribution in [0.25, 0.3) is 0 Å². The molecular weight excluding hydrogens is 260 g/mol. The van der Waals surface area contributed by atoms with Gasteiger partial charge >= 0.3 is 12.0 Å². The zero-order chi connectivity index (χ0) is 14.7. The summed E-state index contributed by atoms with van der Waals surface area (Å²) in [7, 11) is 0. The molecule has 2 heterocycles. The molecule has 0 aromatic carbocycles. The number of hydrogen-bond donors (Lipinski definition) is 3. The van der Waals surface area contributed by atoms with Crippen molar-refractivity contribution >= 4 is 12.0 Å². The molecule has 1 aromatic rings. The average Bonchev–Trinajstić information content (AvgIpc) is 2.99. The van der Waals surface area contributed by atoms with E-state index >= 15 is 0 Å². The van der Waals surface area contributed by atoms with Crippen LogP contribution < -0.4 is 5.32 Å². The predicted octanol–water partition coefficient (Wildman–Crippen LogP) is 0.703. The van der Waals surface area contributed by atoms with Gasteiger partial charge in [-0.3, -0.25) is 0 Å². The average molecular weight is 280 g/mol. The summed E-state index contributed by atoms with van der Waals surface area (Å²) in [6.45, 7) is 5.53. The third-order valence-electron chi connectivity index (χ3n) is 3.85. The molecule has 2 amide bonds. The number of hydrogen-bond acceptors (Lipinski definition) is 3. The van der Waals surface area contributed by atoms with Gasteiger partial charge < -0.3 is 20.3 Å². The molecule has 1 aromatic heterocycles. The quantitative estimate of drug-likeness (QED) is 0.756. The van der Waals surface area contributed by atoms with Crippen molar-refractivity contribution in [2.24, 2.45) is 11.8 Å². The predicted molar refractivity (Wildman–Crippen MR) is 72.1 cm³/mol. The number of aromatic amines is 1. The van der Waals surface area contributed by atoms with E-state index < -0.39 is 12.0 Å². The summed E-state index contributed by atoms with van der Waals surface area (Å²) >= 11 is 0. The minimum absolute atomic E-state index is 0.194. The van der Waals surface area contributed by atoms with E-state index in [1.54, 1.807) is 11.1 Å². The van der Waals surface area contributed by atoms with Gasteiger partial charge in [-0.15, -0.1) is 0 Å². The molecule has 0 bridgehead atoms. The summed E-state index contributed by atoms with van der Waals surface area (Å²) < 4.78 is 0. The van der Waals surface area contributed by atoms with Crippen LogP contribution in [0.3, 0.4) is 0 Å². The molecule has 0 saturated carbocycles. The third kappa shape index (κ3) is 3.28. The van der Waals surface area contributed by atoms with E-state index in [1.165, 1.54) is 6.33 Å². The van der Waals surface area contributed by atoms with Gasteiger partial charge in [-0.1, -0.05) is 13.8 Å². The van der Waals surface area contributed by atoms with Crippen LogP contribution in [0, 0.1) is 11.8 Å². The maximum Gasteiger partial charge on any atom is 0.326 e. The second kappa shape index (κ2) is 5.94. The monoisotopic (exact) mass is 280 g/mol. The molecule has 20 heavy (non-hydrogen) atoms. The van der Waals surface area contributed by atoms with Gasteiger partial charge in [0.25, 0.3) is 0 Å². The highest BCUT2D eigenvalue weighted by atomic mass is 16.4. The van der Waals surface area contributed by atoms with E-state index in [4.69, 9.17) is 0 Å². The van der Waals surface area contributed by atoms with Crippen molar-refractivity contribution in [3.63, 3.8) is 0 Å². The van der Waals surface area contributed by atoms with Gasteiger partial charge in [-0.25, -0.2) is 14.6 Å². The van der Waals surface area contributed by atoms with E-state index in [0.717, 1.165) is 0 Å². The first-order valence-corrected chi connectivity index (χ1v) is 6.73. The molecule has 7 nitrogen and oxygen atoms in total. The second-order valence-electron chi connectivity index (χ2n) is 5.48. The normalized spacial score (nSPS) is 23.6. The molecule has 2 rings (SSSR count). The lowest BCUT2D eigenvalue weighted by Gasteiger charge is -2.20. The first-order valence-electron chi connectivity index (χ1n) is 6.73. The molecule has 7 heteroatoms. The molecule has 1 aliphatic heterocycles. The highest BCUT2D eigenvalue weighted by Crippen LogP contribution is 2.21.